The second-order valence-corrected chi connectivity index (χ2v) is 9.08. The van der Waals surface area contributed by atoms with Crippen LogP contribution in [0.4, 0.5) is 0 Å². The van der Waals surface area contributed by atoms with Crippen LogP contribution in [0.25, 0.3) is 0 Å². The van der Waals surface area contributed by atoms with Gasteiger partial charge in [0, 0.05) is 23.4 Å². The number of amides is 2. The molecule has 0 fully saturated rings. The molecule has 0 aliphatic heterocycles. The summed E-state index contributed by atoms with van der Waals surface area (Å²) in [5.41, 5.74) is 3.40. The van der Waals surface area contributed by atoms with Crippen molar-refractivity contribution in [1.29, 1.82) is 0 Å². The number of carbonyl (C=O) groups excluding carboxylic acids is 2. The quantitative estimate of drug-likeness (QED) is 0.544. The first-order valence-corrected chi connectivity index (χ1v) is 11.8. The van der Waals surface area contributed by atoms with Crippen LogP contribution in [0.5, 0.6) is 0 Å². The number of thioether (sulfide) groups is 1. The molecular weight excluding hydrogens is 416 g/mol. The van der Waals surface area contributed by atoms with Gasteiger partial charge in [-0.15, -0.1) is 11.8 Å². The van der Waals surface area contributed by atoms with Crippen LogP contribution in [0.1, 0.15) is 43.9 Å². The van der Waals surface area contributed by atoms with E-state index in [1.54, 1.807) is 16.7 Å². The summed E-state index contributed by atoms with van der Waals surface area (Å²) in [5.74, 6) is 0.947. The topological polar surface area (TPSA) is 49.4 Å². The summed E-state index contributed by atoms with van der Waals surface area (Å²) in [6, 6.07) is 15.1. The maximum Gasteiger partial charge on any atom is 0.243 e. The molecular formula is C24H31ClN2O2S. The van der Waals surface area contributed by atoms with Gasteiger partial charge in [0.15, 0.2) is 0 Å². The van der Waals surface area contributed by atoms with Crippen molar-refractivity contribution in [3.63, 3.8) is 0 Å². The third-order valence-corrected chi connectivity index (χ3v) is 6.05. The van der Waals surface area contributed by atoms with Gasteiger partial charge in [-0.05, 0) is 56.0 Å². The van der Waals surface area contributed by atoms with Gasteiger partial charge in [0.25, 0.3) is 0 Å². The fourth-order valence-corrected chi connectivity index (χ4v) is 4.30. The Hall–Kier alpha value is -1.98. The fourth-order valence-electron chi connectivity index (χ4n) is 3.19. The second-order valence-electron chi connectivity index (χ2n) is 7.65. The van der Waals surface area contributed by atoms with E-state index in [0.717, 1.165) is 11.3 Å². The van der Waals surface area contributed by atoms with Gasteiger partial charge in [-0.2, -0.15) is 0 Å². The Kier molecular flexibility index (Phi) is 9.73. The third-order valence-electron chi connectivity index (χ3n) is 4.83. The lowest BCUT2D eigenvalue weighted by Gasteiger charge is -2.31. The van der Waals surface area contributed by atoms with E-state index in [-0.39, 0.29) is 17.9 Å². The van der Waals surface area contributed by atoms with Crippen molar-refractivity contribution in [3.05, 3.63) is 70.2 Å². The molecule has 4 nitrogen and oxygen atoms in total. The molecule has 2 aromatic rings. The van der Waals surface area contributed by atoms with E-state index < -0.39 is 6.04 Å². The molecule has 6 heteroatoms. The molecule has 0 unspecified atom stereocenters. The summed E-state index contributed by atoms with van der Waals surface area (Å²) < 4.78 is 0. The number of carbonyl (C=O) groups is 2. The zero-order valence-corrected chi connectivity index (χ0v) is 19.7. The van der Waals surface area contributed by atoms with Crippen LogP contribution >= 0.6 is 23.4 Å². The van der Waals surface area contributed by atoms with E-state index in [0.29, 0.717) is 23.7 Å². The SMILES string of the molecule is CC[C@@H](C(=O)NC(C)C)N(Cc1ccc(Cl)cc1)C(=O)CSCc1ccccc1C. The number of aryl methyl sites for hydroxylation is 1. The molecule has 0 saturated carbocycles. The Morgan fingerprint density at radius 1 is 1.10 bits per heavy atom. The number of rotatable bonds is 10. The fraction of sp³-hybridized carbons (Fsp3) is 0.417. The molecule has 2 rings (SSSR count). The number of halogens is 1. The highest BCUT2D eigenvalue weighted by Crippen LogP contribution is 2.20. The van der Waals surface area contributed by atoms with Crippen molar-refractivity contribution < 1.29 is 9.59 Å². The van der Waals surface area contributed by atoms with Gasteiger partial charge < -0.3 is 10.2 Å². The highest BCUT2D eigenvalue weighted by Gasteiger charge is 2.28. The Morgan fingerprint density at radius 2 is 1.77 bits per heavy atom. The Labute approximate surface area is 189 Å². The summed E-state index contributed by atoms with van der Waals surface area (Å²) in [6.45, 7) is 8.24. The first kappa shape index (κ1) is 24.3. The zero-order chi connectivity index (χ0) is 22.1. The van der Waals surface area contributed by atoms with Crippen molar-refractivity contribution >= 4 is 35.2 Å². The minimum absolute atomic E-state index is 0.0227. The van der Waals surface area contributed by atoms with Crippen LogP contribution in [0.2, 0.25) is 5.02 Å². The van der Waals surface area contributed by atoms with Crippen molar-refractivity contribution in [2.24, 2.45) is 0 Å². The summed E-state index contributed by atoms with van der Waals surface area (Å²) in [6.07, 6.45) is 0.556. The van der Waals surface area contributed by atoms with Crippen molar-refractivity contribution in [1.82, 2.24) is 10.2 Å². The Morgan fingerprint density at radius 3 is 2.37 bits per heavy atom. The third kappa shape index (κ3) is 7.37. The van der Waals surface area contributed by atoms with Crippen molar-refractivity contribution in [2.75, 3.05) is 5.75 Å². The standard InChI is InChI=1S/C24H31ClN2O2S/c1-5-22(24(29)26-17(2)3)27(14-19-10-12-21(25)13-11-19)23(28)16-30-15-20-9-7-6-8-18(20)4/h6-13,17,22H,5,14-16H2,1-4H3,(H,26,29)/t22-/m0/s1. The highest BCUT2D eigenvalue weighted by atomic mass is 35.5. The average molecular weight is 447 g/mol. The monoisotopic (exact) mass is 446 g/mol. The molecule has 162 valence electrons. The molecule has 1 N–H and O–H groups in total. The smallest absolute Gasteiger partial charge is 0.243 e. The number of nitrogens with one attached hydrogen (secondary N) is 1. The summed E-state index contributed by atoms with van der Waals surface area (Å²) >= 11 is 7.58. The van der Waals surface area contributed by atoms with E-state index in [2.05, 4.69) is 24.4 Å². The molecule has 30 heavy (non-hydrogen) atoms. The number of hydrogen-bond donors (Lipinski definition) is 1. The highest BCUT2D eigenvalue weighted by molar-refractivity contribution is 7.99. The molecule has 0 aliphatic carbocycles. The van der Waals surface area contributed by atoms with Gasteiger partial charge in [0.2, 0.25) is 11.8 Å². The zero-order valence-electron chi connectivity index (χ0n) is 18.2. The lowest BCUT2D eigenvalue weighted by atomic mass is 10.1. The van der Waals surface area contributed by atoms with Crippen molar-refractivity contribution in [3.8, 4) is 0 Å². The van der Waals surface area contributed by atoms with Crippen LogP contribution in [-0.2, 0) is 21.9 Å². The predicted octanol–water partition coefficient (Wildman–Crippen LogP) is 5.21. The molecule has 2 amide bonds. The van der Waals surface area contributed by atoms with Gasteiger partial charge in [-0.25, -0.2) is 0 Å². The van der Waals surface area contributed by atoms with Gasteiger partial charge in [-0.1, -0.05) is 54.9 Å². The largest absolute Gasteiger partial charge is 0.352 e. The van der Waals surface area contributed by atoms with Crippen LogP contribution in [-0.4, -0.2) is 34.6 Å². The van der Waals surface area contributed by atoms with E-state index in [1.165, 1.54) is 11.1 Å². The molecule has 0 aliphatic rings. The normalized spacial score (nSPS) is 11.9. The molecule has 0 radical (unpaired) electrons. The molecule has 1 atom stereocenters. The molecule has 0 saturated heterocycles. The Bertz CT molecular complexity index is 839. The van der Waals surface area contributed by atoms with E-state index in [4.69, 9.17) is 11.6 Å². The van der Waals surface area contributed by atoms with Crippen LogP contribution in [0.15, 0.2) is 48.5 Å². The first-order chi connectivity index (χ1) is 14.3. The van der Waals surface area contributed by atoms with Gasteiger partial charge in [0.05, 0.1) is 5.75 Å². The minimum Gasteiger partial charge on any atom is -0.352 e. The lowest BCUT2D eigenvalue weighted by Crippen LogP contribution is -2.50. The maximum atomic E-state index is 13.2. The number of benzene rings is 2. The molecule has 0 spiro atoms. The molecule has 0 bridgehead atoms. The van der Waals surface area contributed by atoms with E-state index in [1.807, 2.05) is 57.2 Å². The average Bonchev–Trinajstić information content (AvgIpc) is 2.70. The van der Waals surface area contributed by atoms with Crippen molar-refractivity contribution in [2.45, 2.75) is 58.5 Å². The molecule has 0 heterocycles. The summed E-state index contributed by atoms with van der Waals surface area (Å²) in [5, 5.41) is 3.60. The van der Waals surface area contributed by atoms with E-state index in [9.17, 15) is 9.59 Å². The number of nitrogens with zero attached hydrogens (tertiary/aromatic N) is 1. The van der Waals surface area contributed by atoms with Crippen LogP contribution < -0.4 is 5.32 Å². The second kappa shape index (κ2) is 12.0. The van der Waals surface area contributed by atoms with Gasteiger partial charge in [-0.3, -0.25) is 9.59 Å². The summed E-state index contributed by atoms with van der Waals surface area (Å²) in [4.78, 5) is 27.7. The minimum atomic E-state index is -0.505. The summed E-state index contributed by atoms with van der Waals surface area (Å²) in [7, 11) is 0. The van der Waals surface area contributed by atoms with Crippen LogP contribution in [0, 0.1) is 6.92 Å². The number of hydrogen-bond acceptors (Lipinski definition) is 3. The first-order valence-electron chi connectivity index (χ1n) is 10.3. The van der Waals surface area contributed by atoms with Crippen LogP contribution in [0.3, 0.4) is 0 Å². The Balaban J connectivity index is 2.13. The lowest BCUT2D eigenvalue weighted by molar-refractivity contribution is -0.139. The molecule has 0 aromatic heterocycles. The maximum absolute atomic E-state index is 13.2. The van der Waals surface area contributed by atoms with Gasteiger partial charge in [0.1, 0.15) is 6.04 Å². The molecule has 2 aromatic carbocycles. The van der Waals surface area contributed by atoms with E-state index >= 15 is 0 Å². The predicted molar refractivity (Wildman–Crippen MR) is 127 cm³/mol. The van der Waals surface area contributed by atoms with Gasteiger partial charge >= 0.3 is 0 Å².